The summed E-state index contributed by atoms with van der Waals surface area (Å²) in [5.74, 6) is 2.51. The van der Waals surface area contributed by atoms with Gasteiger partial charge in [0.15, 0.2) is 0 Å². The Kier molecular flexibility index (Phi) is 4.39. The molecule has 0 amide bonds. The van der Waals surface area contributed by atoms with Gasteiger partial charge in [-0.2, -0.15) is 13.1 Å². The number of terminal acetylenes is 1. The predicted molar refractivity (Wildman–Crippen MR) is 55.8 cm³/mol. The lowest BCUT2D eigenvalue weighted by Crippen LogP contribution is -2.38. The lowest BCUT2D eigenvalue weighted by atomic mass is 10.2. The Balaban J connectivity index is 2.07. The minimum Gasteiger partial charge on any atom is -0.202 e. The maximum Gasteiger partial charge on any atom is 0.277 e. The van der Waals surface area contributed by atoms with E-state index in [4.69, 9.17) is 6.42 Å². The first-order valence-electron chi connectivity index (χ1n) is 4.84. The van der Waals surface area contributed by atoms with Gasteiger partial charge in [-0.25, -0.2) is 4.72 Å². The summed E-state index contributed by atoms with van der Waals surface area (Å²) >= 11 is 0. The van der Waals surface area contributed by atoms with E-state index in [2.05, 4.69) is 15.4 Å². The molecule has 2 N–H and O–H groups in total. The molecule has 0 atom stereocenters. The second-order valence-corrected chi connectivity index (χ2v) is 4.98. The Labute approximate surface area is 85.6 Å². The summed E-state index contributed by atoms with van der Waals surface area (Å²) in [6.45, 7) is 0.462. The molecule has 1 aliphatic carbocycles. The van der Waals surface area contributed by atoms with Crippen molar-refractivity contribution in [2.45, 2.75) is 38.1 Å². The molecule has 1 saturated carbocycles. The minimum atomic E-state index is -3.26. The summed E-state index contributed by atoms with van der Waals surface area (Å²) in [4.78, 5) is 0. The number of hydrogen-bond donors (Lipinski definition) is 2. The third kappa shape index (κ3) is 5.22. The van der Waals surface area contributed by atoms with E-state index in [-0.39, 0.29) is 6.04 Å². The van der Waals surface area contributed by atoms with Crippen molar-refractivity contribution >= 4 is 10.2 Å². The Morgan fingerprint density at radius 3 is 2.64 bits per heavy atom. The Morgan fingerprint density at radius 1 is 1.36 bits per heavy atom. The largest absolute Gasteiger partial charge is 0.277 e. The van der Waals surface area contributed by atoms with Crippen molar-refractivity contribution in [3.05, 3.63) is 0 Å². The summed E-state index contributed by atoms with van der Waals surface area (Å²) in [6.07, 6.45) is 9.34. The third-order valence-electron chi connectivity index (χ3n) is 1.94. The molecule has 0 spiro atoms. The zero-order chi connectivity index (χ0) is 10.4. The van der Waals surface area contributed by atoms with Gasteiger partial charge in [0.1, 0.15) is 0 Å². The molecule has 80 valence electrons. The molecule has 0 heterocycles. The molecule has 0 aromatic rings. The van der Waals surface area contributed by atoms with Gasteiger partial charge in [-0.05, 0) is 25.7 Å². The van der Waals surface area contributed by atoms with E-state index >= 15 is 0 Å². The Bertz CT molecular complexity index is 301. The number of hydrogen-bond acceptors (Lipinski definition) is 2. The highest BCUT2D eigenvalue weighted by Gasteiger charge is 2.26. The summed E-state index contributed by atoms with van der Waals surface area (Å²) in [5, 5.41) is 0. The van der Waals surface area contributed by atoms with Gasteiger partial charge in [-0.1, -0.05) is 0 Å². The number of nitrogens with one attached hydrogen (secondary N) is 2. The second kappa shape index (κ2) is 5.35. The molecule has 0 aromatic heterocycles. The van der Waals surface area contributed by atoms with Gasteiger partial charge in [0.25, 0.3) is 10.2 Å². The van der Waals surface area contributed by atoms with E-state index in [1.807, 2.05) is 0 Å². The van der Waals surface area contributed by atoms with Crippen LogP contribution in [0.4, 0.5) is 0 Å². The van der Waals surface area contributed by atoms with Crippen molar-refractivity contribution in [3.63, 3.8) is 0 Å². The lowest BCUT2D eigenvalue weighted by Gasteiger charge is -2.06. The van der Waals surface area contributed by atoms with Crippen molar-refractivity contribution in [2.75, 3.05) is 6.54 Å². The molecule has 0 aliphatic heterocycles. The van der Waals surface area contributed by atoms with Crippen LogP contribution in [0.2, 0.25) is 0 Å². The molecule has 14 heavy (non-hydrogen) atoms. The first-order valence-corrected chi connectivity index (χ1v) is 6.33. The molecular formula is C9H16N2O2S. The van der Waals surface area contributed by atoms with Crippen LogP contribution in [0, 0.1) is 12.3 Å². The van der Waals surface area contributed by atoms with Gasteiger partial charge in [0, 0.05) is 19.0 Å². The second-order valence-electron chi connectivity index (χ2n) is 3.45. The maximum atomic E-state index is 11.3. The third-order valence-corrected chi connectivity index (χ3v) is 3.17. The van der Waals surface area contributed by atoms with Gasteiger partial charge < -0.3 is 0 Å². The fraction of sp³-hybridized carbons (Fsp3) is 0.778. The number of unbranched alkanes of at least 4 members (excludes halogenated alkanes) is 2. The fourth-order valence-electron chi connectivity index (χ4n) is 1.02. The predicted octanol–water partition coefficient (Wildman–Crippen LogP) is 0.376. The summed E-state index contributed by atoms with van der Waals surface area (Å²) < 4.78 is 27.5. The van der Waals surface area contributed by atoms with Crippen LogP contribution in [0.5, 0.6) is 0 Å². The van der Waals surface area contributed by atoms with E-state index in [0.717, 1.165) is 25.7 Å². The first-order chi connectivity index (χ1) is 6.64. The fourth-order valence-corrected chi connectivity index (χ4v) is 2.19. The van der Waals surface area contributed by atoms with Crippen molar-refractivity contribution in [1.29, 1.82) is 0 Å². The topological polar surface area (TPSA) is 58.2 Å². The Morgan fingerprint density at radius 2 is 2.07 bits per heavy atom. The van der Waals surface area contributed by atoms with Crippen molar-refractivity contribution in [2.24, 2.45) is 0 Å². The quantitative estimate of drug-likeness (QED) is 0.477. The molecule has 0 aromatic carbocycles. The molecule has 0 radical (unpaired) electrons. The lowest BCUT2D eigenvalue weighted by molar-refractivity contribution is 0.562. The molecule has 1 fully saturated rings. The highest BCUT2D eigenvalue weighted by molar-refractivity contribution is 7.87. The minimum absolute atomic E-state index is 0.165. The van der Waals surface area contributed by atoms with Gasteiger partial charge in [0.2, 0.25) is 0 Å². The molecule has 0 saturated heterocycles. The van der Waals surface area contributed by atoms with Crippen LogP contribution in [0.25, 0.3) is 0 Å². The zero-order valence-electron chi connectivity index (χ0n) is 8.12. The SMILES string of the molecule is C#CCCCCNS(=O)(=O)NC1CC1. The summed E-state index contributed by atoms with van der Waals surface area (Å²) in [7, 11) is -3.26. The van der Waals surface area contributed by atoms with E-state index in [0.29, 0.717) is 13.0 Å². The van der Waals surface area contributed by atoms with Crippen molar-refractivity contribution < 1.29 is 8.42 Å². The number of rotatable bonds is 7. The highest BCUT2D eigenvalue weighted by Crippen LogP contribution is 2.19. The normalized spacial score (nSPS) is 16.5. The molecule has 1 aliphatic rings. The molecule has 1 rings (SSSR count). The van der Waals surface area contributed by atoms with Crippen LogP contribution in [0.1, 0.15) is 32.1 Å². The van der Waals surface area contributed by atoms with Gasteiger partial charge in [-0.3, -0.25) is 0 Å². The summed E-state index contributed by atoms with van der Waals surface area (Å²) in [5.41, 5.74) is 0. The average molecular weight is 216 g/mol. The average Bonchev–Trinajstić information content (AvgIpc) is 2.87. The van der Waals surface area contributed by atoms with Crippen molar-refractivity contribution in [1.82, 2.24) is 9.44 Å². The van der Waals surface area contributed by atoms with Crippen LogP contribution >= 0.6 is 0 Å². The Hall–Kier alpha value is -0.570. The molecule has 5 heteroatoms. The van der Waals surface area contributed by atoms with Crippen LogP contribution < -0.4 is 9.44 Å². The van der Waals surface area contributed by atoms with E-state index in [1.165, 1.54) is 0 Å². The first kappa shape index (κ1) is 11.5. The summed E-state index contributed by atoms with van der Waals surface area (Å²) in [6, 6.07) is 0.165. The van der Waals surface area contributed by atoms with Gasteiger partial charge in [-0.15, -0.1) is 12.3 Å². The van der Waals surface area contributed by atoms with Crippen LogP contribution in [-0.2, 0) is 10.2 Å². The van der Waals surface area contributed by atoms with Crippen molar-refractivity contribution in [3.8, 4) is 12.3 Å². The van der Waals surface area contributed by atoms with Gasteiger partial charge >= 0.3 is 0 Å². The highest BCUT2D eigenvalue weighted by atomic mass is 32.2. The molecule has 0 unspecified atom stereocenters. The van der Waals surface area contributed by atoms with E-state index in [1.54, 1.807) is 0 Å². The molecular weight excluding hydrogens is 200 g/mol. The standard InChI is InChI=1S/C9H16N2O2S/c1-2-3-4-5-8-10-14(12,13)11-9-6-7-9/h1,9-11H,3-8H2. The van der Waals surface area contributed by atoms with Crippen LogP contribution in [0.3, 0.4) is 0 Å². The molecule has 0 bridgehead atoms. The smallest absolute Gasteiger partial charge is 0.202 e. The maximum absolute atomic E-state index is 11.3. The molecule has 4 nitrogen and oxygen atoms in total. The van der Waals surface area contributed by atoms with Gasteiger partial charge in [0.05, 0.1) is 0 Å². The zero-order valence-corrected chi connectivity index (χ0v) is 8.94. The van der Waals surface area contributed by atoms with Crippen LogP contribution in [0.15, 0.2) is 0 Å². The van der Waals surface area contributed by atoms with E-state index in [9.17, 15) is 8.42 Å². The van der Waals surface area contributed by atoms with E-state index < -0.39 is 10.2 Å². The van der Waals surface area contributed by atoms with Crippen LogP contribution in [-0.4, -0.2) is 21.0 Å². The monoisotopic (exact) mass is 216 g/mol.